The molecular formula is C12H21N3O2. The third-order valence-corrected chi connectivity index (χ3v) is 2.35. The van der Waals surface area contributed by atoms with Gasteiger partial charge in [-0.05, 0) is 18.8 Å². The third-order valence-electron chi connectivity index (χ3n) is 2.35. The van der Waals surface area contributed by atoms with Crippen LogP contribution in [0.3, 0.4) is 0 Å². The SMILES string of the molecule is CC(C)Cn1ccnc(NCCCCO)c1=O. The highest BCUT2D eigenvalue weighted by atomic mass is 16.2. The van der Waals surface area contributed by atoms with Gasteiger partial charge in [0.15, 0.2) is 5.82 Å². The second-order valence-corrected chi connectivity index (χ2v) is 4.48. The van der Waals surface area contributed by atoms with Crippen LogP contribution in [0.15, 0.2) is 17.2 Å². The Morgan fingerprint density at radius 1 is 1.47 bits per heavy atom. The smallest absolute Gasteiger partial charge is 0.293 e. The summed E-state index contributed by atoms with van der Waals surface area (Å²) in [6.07, 6.45) is 4.91. The van der Waals surface area contributed by atoms with E-state index in [1.807, 2.05) is 0 Å². The molecule has 2 N–H and O–H groups in total. The summed E-state index contributed by atoms with van der Waals surface area (Å²) in [5.74, 6) is 0.823. The van der Waals surface area contributed by atoms with E-state index in [0.717, 1.165) is 12.8 Å². The minimum absolute atomic E-state index is 0.0785. The van der Waals surface area contributed by atoms with Gasteiger partial charge in [0.25, 0.3) is 5.56 Å². The average Bonchev–Trinajstić information content (AvgIpc) is 2.28. The van der Waals surface area contributed by atoms with E-state index in [-0.39, 0.29) is 12.2 Å². The van der Waals surface area contributed by atoms with E-state index in [2.05, 4.69) is 24.1 Å². The quantitative estimate of drug-likeness (QED) is 0.699. The molecule has 0 aliphatic heterocycles. The molecule has 0 aliphatic rings. The number of unbranched alkanes of at least 4 members (excludes halogenated alkanes) is 1. The second kappa shape index (κ2) is 7.06. The fourth-order valence-electron chi connectivity index (χ4n) is 1.55. The normalized spacial score (nSPS) is 10.8. The number of aliphatic hydroxyl groups is 1. The summed E-state index contributed by atoms with van der Waals surface area (Å²) in [7, 11) is 0. The second-order valence-electron chi connectivity index (χ2n) is 4.48. The summed E-state index contributed by atoms with van der Waals surface area (Å²) in [6.45, 7) is 5.69. The molecule has 1 aromatic rings. The minimum atomic E-state index is -0.0785. The van der Waals surface area contributed by atoms with Gasteiger partial charge in [-0.15, -0.1) is 0 Å². The van der Waals surface area contributed by atoms with Crippen molar-refractivity contribution in [3.8, 4) is 0 Å². The van der Waals surface area contributed by atoms with Gasteiger partial charge in [0.1, 0.15) is 0 Å². The summed E-state index contributed by atoms with van der Waals surface area (Å²) >= 11 is 0. The first-order valence-corrected chi connectivity index (χ1v) is 6.05. The van der Waals surface area contributed by atoms with Gasteiger partial charge in [-0.1, -0.05) is 13.8 Å². The zero-order valence-corrected chi connectivity index (χ0v) is 10.5. The molecule has 0 fully saturated rings. The number of anilines is 1. The molecule has 5 heteroatoms. The van der Waals surface area contributed by atoms with Crippen LogP contribution in [-0.2, 0) is 6.54 Å². The minimum Gasteiger partial charge on any atom is -0.396 e. The maximum Gasteiger partial charge on any atom is 0.293 e. The van der Waals surface area contributed by atoms with Crippen molar-refractivity contribution in [2.75, 3.05) is 18.5 Å². The highest BCUT2D eigenvalue weighted by molar-refractivity contribution is 5.30. The van der Waals surface area contributed by atoms with Crippen LogP contribution < -0.4 is 10.9 Å². The van der Waals surface area contributed by atoms with E-state index in [9.17, 15) is 4.79 Å². The van der Waals surface area contributed by atoms with Gasteiger partial charge in [-0.25, -0.2) is 4.98 Å². The summed E-state index contributed by atoms with van der Waals surface area (Å²) in [5.41, 5.74) is -0.0785. The first-order valence-electron chi connectivity index (χ1n) is 6.05. The predicted octanol–water partition coefficient (Wildman–Crippen LogP) is 1.08. The number of nitrogens with one attached hydrogen (secondary N) is 1. The lowest BCUT2D eigenvalue weighted by Gasteiger charge is -2.10. The summed E-state index contributed by atoms with van der Waals surface area (Å²) in [4.78, 5) is 16.0. The number of hydrogen-bond donors (Lipinski definition) is 2. The van der Waals surface area contributed by atoms with E-state index in [1.54, 1.807) is 17.0 Å². The van der Waals surface area contributed by atoms with Crippen LogP contribution in [0.4, 0.5) is 5.82 Å². The first kappa shape index (κ1) is 13.7. The maximum absolute atomic E-state index is 12.0. The molecule has 0 saturated heterocycles. The highest BCUT2D eigenvalue weighted by Gasteiger charge is 2.05. The van der Waals surface area contributed by atoms with Crippen LogP contribution >= 0.6 is 0 Å². The zero-order valence-electron chi connectivity index (χ0n) is 10.5. The van der Waals surface area contributed by atoms with Crippen LogP contribution in [0.1, 0.15) is 26.7 Å². The number of nitrogens with zero attached hydrogens (tertiary/aromatic N) is 2. The Labute approximate surface area is 102 Å². The zero-order chi connectivity index (χ0) is 12.7. The Balaban J connectivity index is 2.63. The Kier molecular flexibility index (Phi) is 5.69. The van der Waals surface area contributed by atoms with Gasteiger partial charge < -0.3 is 15.0 Å². The topological polar surface area (TPSA) is 67.2 Å². The molecule has 0 atom stereocenters. The number of rotatable bonds is 7. The van der Waals surface area contributed by atoms with Crippen LogP contribution in [0.5, 0.6) is 0 Å². The molecule has 1 heterocycles. The fourth-order valence-corrected chi connectivity index (χ4v) is 1.55. The van der Waals surface area contributed by atoms with E-state index in [1.165, 1.54) is 0 Å². The van der Waals surface area contributed by atoms with Crippen molar-refractivity contribution in [2.45, 2.75) is 33.2 Å². The average molecular weight is 239 g/mol. The molecular weight excluding hydrogens is 218 g/mol. The van der Waals surface area contributed by atoms with Gasteiger partial charge in [0, 0.05) is 32.1 Å². The Bertz CT molecular complexity index is 388. The van der Waals surface area contributed by atoms with Crippen molar-refractivity contribution in [1.29, 1.82) is 0 Å². The molecule has 0 aromatic carbocycles. The van der Waals surface area contributed by atoms with Gasteiger partial charge in [-0.2, -0.15) is 0 Å². The molecule has 5 nitrogen and oxygen atoms in total. The summed E-state index contributed by atoms with van der Waals surface area (Å²) in [5, 5.41) is 11.7. The van der Waals surface area contributed by atoms with E-state index < -0.39 is 0 Å². The molecule has 0 bridgehead atoms. The number of hydrogen-bond acceptors (Lipinski definition) is 4. The van der Waals surface area contributed by atoms with Crippen molar-refractivity contribution in [2.24, 2.45) is 5.92 Å². The van der Waals surface area contributed by atoms with Crippen molar-refractivity contribution >= 4 is 5.82 Å². The van der Waals surface area contributed by atoms with Crippen molar-refractivity contribution in [1.82, 2.24) is 9.55 Å². The monoisotopic (exact) mass is 239 g/mol. The van der Waals surface area contributed by atoms with Crippen LogP contribution in [0, 0.1) is 5.92 Å². The summed E-state index contributed by atoms with van der Waals surface area (Å²) in [6, 6.07) is 0. The largest absolute Gasteiger partial charge is 0.396 e. The molecule has 0 saturated carbocycles. The third kappa shape index (κ3) is 4.56. The highest BCUT2D eigenvalue weighted by Crippen LogP contribution is 1.99. The molecule has 0 spiro atoms. The molecule has 1 rings (SSSR count). The van der Waals surface area contributed by atoms with Crippen molar-refractivity contribution < 1.29 is 5.11 Å². The first-order chi connectivity index (χ1) is 8.15. The predicted molar refractivity (Wildman–Crippen MR) is 68.1 cm³/mol. The molecule has 0 amide bonds. The van der Waals surface area contributed by atoms with Gasteiger partial charge in [0.2, 0.25) is 0 Å². The van der Waals surface area contributed by atoms with Crippen LogP contribution in [0.25, 0.3) is 0 Å². The van der Waals surface area contributed by atoms with E-state index in [4.69, 9.17) is 5.11 Å². The Hall–Kier alpha value is -1.36. The van der Waals surface area contributed by atoms with Gasteiger partial charge >= 0.3 is 0 Å². The molecule has 1 aromatic heterocycles. The lowest BCUT2D eigenvalue weighted by atomic mass is 10.2. The number of aromatic nitrogens is 2. The molecule has 17 heavy (non-hydrogen) atoms. The molecule has 0 unspecified atom stereocenters. The van der Waals surface area contributed by atoms with Gasteiger partial charge in [-0.3, -0.25) is 4.79 Å². The lowest BCUT2D eigenvalue weighted by Crippen LogP contribution is -2.26. The Morgan fingerprint density at radius 3 is 2.88 bits per heavy atom. The molecule has 0 radical (unpaired) electrons. The van der Waals surface area contributed by atoms with Crippen LogP contribution in [-0.4, -0.2) is 27.8 Å². The Morgan fingerprint density at radius 2 is 2.24 bits per heavy atom. The summed E-state index contributed by atoms with van der Waals surface area (Å²) < 4.78 is 1.67. The molecule has 0 aliphatic carbocycles. The molecule has 96 valence electrons. The van der Waals surface area contributed by atoms with Crippen LogP contribution in [0.2, 0.25) is 0 Å². The van der Waals surface area contributed by atoms with E-state index in [0.29, 0.717) is 24.8 Å². The number of aliphatic hydroxyl groups excluding tert-OH is 1. The van der Waals surface area contributed by atoms with Crippen molar-refractivity contribution in [3.63, 3.8) is 0 Å². The van der Waals surface area contributed by atoms with Gasteiger partial charge in [0.05, 0.1) is 0 Å². The maximum atomic E-state index is 12.0. The fraction of sp³-hybridized carbons (Fsp3) is 0.667. The van der Waals surface area contributed by atoms with Crippen molar-refractivity contribution in [3.05, 3.63) is 22.7 Å². The van der Waals surface area contributed by atoms with E-state index >= 15 is 0 Å². The standard InChI is InChI=1S/C12H21N3O2/c1-10(2)9-15-7-6-14-11(12(15)17)13-5-3-4-8-16/h6-7,10,16H,3-5,8-9H2,1-2H3,(H,13,14). The lowest BCUT2D eigenvalue weighted by molar-refractivity contribution is 0.286.